The van der Waals surface area contributed by atoms with Gasteiger partial charge in [-0.25, -0.2) is 9.78 Å². The maximum absolute atomic E-state index is 12.7. The van der Waals surface area contributed by atoms with Crippen LogP contribution in [-0.4, -0.2) is 65.2 Å². The summed E-state index contributed by atoms with van der Waals surface area (Å²) in [5.41, 5.74) is 1.34. The third-order valence-electron chi connectivity index (χ3n) is 7.13. The Morgan fingerprint density at radius 1 is 1.14 bits per heavy atom. The van der Waals surface area contributed by atoms with Crippen LogP contribution in [0.2, 0.25) is 0 Å². The maximum Gasteiger partial charge on any atom is 0.410 e. The minimum atomic E-state index is -0.494. The number of aromatic nitrogens is 1. The molecule has 0 radical (unpaired) electrons. The molecule has 0 unspecified atom stereocenters. The van der Waals surface area contributed by atoms with Gasteiger partial charge in [0, 0.05) is 47.2 Å². The largest absolute Gasteiger partial charge is 0.444 e. The molecule has 0 saturated carbocycles. The number of rotatable bonds is 1. The summed E-state index contributed by atoms with van der Waals surface area (Å²) in [6.07, 6.45) is 1.81. The van der Waals surface area contributed by atoms with Gasteiger partial charge in [0.1, 0.15) is 16.3 Å². The van der Waals surface area contributed by atoms with Crippen molar-refractivity contribution in [1.82, 2.24) is 15.2 Å². The fourth-order valence-electron chi connectivity index (χ4n) is 5.53. The zero-order valence-corrected chi connectivity index (χ0v) is 21.4. The van der Waals surface area contributed by atoms with Crippen molar-refractivity contribution in [2.45, 2.75) is 64.3 Å². The zero-order valence-electron chi connectivity index (χ0n) is 20.6. The number of hydrogen-bond donors (Lipinski definition) is 2. The molecule has 0 spiro atoms. The second kappa shape index (κ2) is 7.98. The number of hydrogen-bond acceptors (Lipinski definition) is 7. The number of benzene rings is 1. The van der Waals surface area contributed by atoms with Crippen molar-refractivity contribution in [2.24, 2.45) is 0 Å². The molecule has 3 aromatic rings. The highest BCUT2D eigenvalue weighted by atomic mass is 32.1. The van der Waals surface area contributed by atoms with E-state index in [9.17, 15) is 9.59 Å². The highest BCUT2D eigenvalue weighted by Crippen LogP contribution is 2.42. The lowest BCUT2D eigenvalue weighted by atomic mass is 9.91. The lowest BCUT2D eigenvalue weighted by molar-refractivity contribution is 0.000783. The SMILES string of the molecule is C[C@@H]1CNc2c(sc3ccc4nc(N5C[C@H]6CC[C@@H]5CN6C(=O)OC(C)(C)C)ccc4c23)C(=O)N1. The Labute approximate surface area is 208 Å². The second-order valence-corrected chi connectivity index (χ2v) is 12.0. The van der Waals surface area contributed by atoms with Crippen LogP contribution < -0.4 is 15.5 Å². The summed E-state index contributed by atoms with van der Waals surface area (Å²) < 4.78 is 6.73. The number of thiophene rings is 1. The third-order valence-corrected chi connectivity index (χ3v) is 8.28. The molecule has 4 aliphatic rings. The van der Waals surface area contributed by atoms with Crippen LogP contribution in [0.1, 0.15) is 50.2 Å². The summed E-state index contributed by atoms with van der Waals surface area (Å²) in [5, 5.41) is 8.66. The van der Waals surface area contributed by atoms with E-state index < -0.39 is 5.60 Å². The van der Waals surface area contributed by atoms with Gasteiger partial charge in [-0.15, -0.1) is 11.3 Å². The van der Waals surface area contributed by atoms with Crippen LogP contribution in [0.5, 0.6) is 0 Å². The molecule has 9 heteroatoms. The van der Waals surface area contributed by atoms with Crippen molar-refractivity contribution in [1.29, 1.82) is 0 Å². The summed E-state index contributed by atoms with van der Waals surface area (Å²) in [5.74, 6) is 0.923. The van der Waals surface area contributed by atoms with Crippen LogP contribution in [-0.2, 0) is 4.74 Å². The molecule has 2 N–H and O–H groups in total. The fraction of sp³-hybridized carbons (Fsp3) is 0.500. The van der Waals surface area contributed by atoms with Gasteiger partial charge in [-0.1, -0.05) is 0 Å². The molecule has 2 bridgehead atoms. The Bertz CT molecular complexity index is 1350. The van der Waals surface area contributed by atoms with E-state index in [4.69, 9.17) is 9.72 Å². The average Bonchev–Trinajstić information content (AvgIpc) is 3.14. The first-order chi connectivity index (χ1) is 16.7. The molecule has 184 valence electrons. The number of anilines is 2. The number of nitrogens with zero attached hydrogens (tertiary/aromatic N) is 3. The van der Waals surface area contributed by atoms with E-state index in [-0.39, 0.29) is 30.1 Å². The van der Waals surface area contributed by atoms with Crippen molar-refractivity contribution >= 4 is 55.8 Å². The summed E-state index contributed by atoms with van der Waals surface area (Å²) in [4.78, 5) is 35.5. The molecular formula is C26H31N5O3S. The van der Waals surface area contributed by atoms with E-state index in [1.807, 2.05) is 38.7 Å². The topological polar surface area (TPSA) is 86.8 Å². The Balaban J connectivity index is 1.32. The number of carbonyl (C=O) groups is 2. The Hall–Kier alpha value is -3.07. The molecule has 7 rings (SSSR count). The van der Waals surface area contributed by atoms with Crippen molar-refractivity contribution in [2.75, 3.05) is 29.9 Å². The molecule has 4 aliphatic heterocycles. The number of nitrogens with one attached hydrogen (secondary N) is 2. The van der Waals surface area contributed by atoms with Gasteiger partial charge in [0.2, 0.25) is 0 Å². The first-order valence-corrected chi connectivity index (χ1v) is 13.2. The predicted molar refractivity (Wildman–Crippen MR) is 140 cm³/mol. The molecule has 2 aromatic heterocycles. The van der Waals surface area contributed by atoms with Gasteiger partial charge in [0.05, 0.1) is 17.2 Å². The van der Waals surface area contributed by atoms with Gasteiger partial charge in [-0.05, 0) is 64.8 Å². The van der Waals surface area contributed by atoms with E-state index in [1.165, 1.54) is 11.3 Å². The van der Waals surface area contributed by atoms with Gasteiger partial charge < -0.3 is 25.2 Å². The number of fused-ring (bicyclic) bond motifs is 8. The molecule has 8 nitrogen and oxygen atoms in total. The minimum absolute atomic E-state index is 0.0182. The fourth-order valence-corrected chi connectivity index (χ4v) is 6.63. The lowest BCUT2D eigenvalue weighted by Crippen LogP contribution is -2.64. The minimum Gasteiger partial charge on any atom is -0.444 e. The van der Waals surface area contributed by atoms with Crippen molar-refractivity contribution in [3.63, 3.8) is 0 Å². The smallest absolute Gasteiger partial charge is 0.410 e. The van der Waals surface area contributed by atoms with Crippen LogP contribution in [0.15, 0.2) is 24.3 Å². The number of amides is 2. The zero-order chi connectivity index (χ0) is 24.5. The van der Waals surface area contributed by atoms with Crippen LogP contribution in [0.25, 0.3) is 21.0 Å². The van der Waals surface area contributed by atoms with Gasteiger partial charge >= 0.3 is 6.09 Å². The predicted octanol–water partition coefficient (Wildman–Crippen LogP) is 4.58. The quantitative estimate of drug-likeness (QED) is 0.516. The molecule has 1 aromatic carbocycles. The van der Waals surface area contributed by atoms with E-state index in [1.54, 1.807) is 0 Å². The lowest BCUT2D eigenvalue weighted by Gasteiger charge is -2.51. The molecule has 3 fully saturated rings. The highest BCUT2D eigenvalue weighted by Gasteiger charge is 2.43. The van der Waals surface area contributed by atoms with Gasteiger partial charge in [-0.2, -0.15) is 0 Å². The number of pyridine rings is 1. The summed E-state index contributed by atoms with van der Waals surface area (Å²) in [7, 11) is 0. The van der Waals surface area contributed by atoms with E-state index in [0.29, 0.717) is 13.1 Å². The van der Waals surface area contributed by atoms with Gasteiger partial charge in [-0.3, -0.25) is 4.79 Å². The van der Waals surface area contributed by atoms with Crippen LogP contribution in [0, 0.1) is 0 Å². The Morgan fingerprint density at radius 2 is 1.94 bits per heavy atom. The molecule has 3 atom stereocenters. The maximum atomic E-state index is 12.7. The van der Waals surface area contributed by atoms with Crippen molar-refractivity contribution in [3.8, 4) is 0 Å². The van der Waals surface area contributed by atoms with E-state index in [2.05, 4.69) is 33.7 Å². The van der Waals surface area contributed by atoms with Gasteiger partial charge in [0.15, 0.2) is 0 Å². The monoisotopic (exact) mass is 493 g/mol. The van der Waals surface area contributed by atoms with Crippen molar-refractivity contribution in [3.05, 3.63) is 29.1 Å². The van der Waals surface area contributed by atoms with E-state index in [0.717, 1.165) is 56.8 Å². The normalized spacial score (nSPS) is 24.2. The summed E-state index contributed by atoms with van der Waals surface area (Å²) in [6.45, 7) is 9.84. The first-order valence-electron chi connectivity index (χ1n) is 12.4. The standard InChI is InChI=1S/C26H31N5O3S/c1-14-11-27-22-21-17-7-10-20(29-18(17)8-9-19(21)35-23(22)24(32)28-14)30-12-16-6-5-15(30)13-31(16)25(33)34-26(2,3)4/h7-10,14-16,27H,5-6,11-13H2,1-4H3,(H,28,32)/t14-,15-,16-/m1/s1. The summed E-state index contributed by atoms with van der Waals surface area (Å²) in [6, 6.07) is 8.77. The molecule has 6 heterocycles. The van der Waals surface area contributed by atoms with Crippen LogP contribution >= 0.6 is 11.3 Å². The molecule has 35 heavy (non-hydrogen) atoms. The number of ether oxygens (including phenoxy) is 1. The Morgan fingerprint density at radius 3 is 2.69 bits per heavy atom. The second-order valence-electron chi connectivity index (χ2n) is 10.9. The molecule has 0 aliphatic carbocycles. The molecule has 2 amide bonds. The number of piperidine rings is 2. The number of piperazine rings is 1. The number of carbonyl (C=O) groups excluding carboxylic acids is 2. The van der Waals surface area contributed by atoms with Crippen LogP contribution in [0.4, 0.5) is 16.3 Å². The van der Waals surface area contributed by atoms with Gasteiger partial charge in [0.25, 0.3) is 5.91 Å². The first kappa shape index (κ1) is 22.4. The molecular weight excluding hydrogens is 462 g/mol. The van der Waals surface area contributed by atoms with E-state index >= 15 is 0 Å². The average molecular weight is 494 g/mol. The Kier molecular flexibility index (Phi) is 5.11. The van der Waals surface area contributed by atoms with Crippen LogP contribution in [0.3, 0.4) is 0 Å². The van der Waals surface area contributed by atoms with Crippen molar-refractivity contribution < 1.29 is 14.3 Å². The highest BCUT2D eigenvalue weighted by molar-refractivity contribution is 7.21. The third kappa shape index (κ3) is 3.86. The molecule has 3 saturated heterocycles. The summed E-state index contributed by atoms with van der Waals surface area (Å²) >= 11 is 1.52.